The molecule has 1 unspecified atom stereocenters. The van der Waals surface area contributed by atoms with Gasteiger partial charge in [0.2, 0.25) is 0 Å². The molecule has 5 nitrogen and oxygen atoms in total. The fourth-order valence-electron chi connectivity index (χ4n) is 1.80. The van der Waals surface area contributed by atoms with Gasteiger partial charge in [0.05, 0.1) is 4.92 Å². The van der Waals surface area contributed by atoms with E-state index >= 15 is 0 Å². The van der Waals surface area contributed by atoms with E-state index in [9.17, 15) is 14.9 Å². The van der Waals surface area contributed by atoms with Crippen molar-refractivity contribution in [3.63, 3.8) is 0 Å². The zero-order valence-electron chi connectivity index (χ0n) is 11.2. The second kappa shape index (κ2) is 6.52. The summed E-state index contributed by atoms with van der Waals surface area (Å²) in [6.07, 6.45) is 1.86. The van der Waals surface area contributed by atoms with Gasteiger partial charge in [-0.1, -0.05) is 24.9 Å². The summed E-state index contributed by atoms with van der Waals surface area (Å²) in [5.74, 6) is -0.235. The van der Waals surface area contributed by atoms with Gasteiger partial charge in [0.15, 0.2) is 0 Å². The number of hydrogen-bond acceptors (Lipinski definition) is 3. The smallest absolute Gasteiger partial charge is 0.288 e. The van der Waals surface area contributed by atoms with E-state index < -0.39 is 4.92 Å². The Morgan fingerprint density at radius 3 is 2.68 bits per heavy atom. The highest BCUT2D eigenvalue weighted by molar-refractivity contribution is 6.32. The highest BCUT2D eigenvalue weighted by atomic mass is 35.5. The third kappa shape index (κ3) is 3.67. The summed E-state index contributed by atoms with van der Waals surface area (Å²) in [4.78, 5) is 24.0. The molecule has 0 bridgehead atoms. The van der Waals surface area contributed by atoms with E-state index in [0.717, 1.165) is 12.8 Å². The lowest BCUT2D eigenvalue weighted by atomic mass is 10.1. The van der Waals surface area contributed by atoms with Crippen molar-refractivity contribution in [3.8, 4) is 0 Å². The minimum Gasteiger partial charge on any atom is -0.339 e. The highest BCUT2D eigenvalue weighted by Gasteiger charge is 2.20. The molecule has 0 heterocycles. The van der Waals surface area contributed by atoms with Crippen LogP contribution in [0.15, 0.2) is 18.2 Å². The van der Waals surface area contributed by atoms with Crippen molar-refractivity contribution in [1.29, 1.82) is 0 Å². The Bertz CT molecular complexity index is 491. The van der Waals surface area contributed by atoms with Crippen LogP contribution in [-0.4, -0.2) is 28.8 Å². The predicted octanol–water partition coefficient (Wildman–Crippen LogP) is 3.51. The SMILES string of the molecule is CCCC(C)N(C)C(=O)c1ccc(Cl)c([N+](=O)[O-])c1. The lowest BCUT2D eigenvalue weighted by Crippen LogP contribution is -2.34. The maximum absolute atomic E-state index is 12.2. The van der Waals surface area contributed by atoms with E-state index in [4.69, 9.17) is 11.6 Å². The molecule has 0 aliphatic carbocycles. The van der Waals surface area contributed by atoms with Crippen LogP contribution in [-0.2, 0) is 0 Å². The van der Waals surface area contributed by atoms with Crippen molar-refractivity contribution < 1.29 is 9.72 Å². The summed E-state index contributed by atoms with van der Waals surface area (Å²) in [5, 5.41) is 10.8. The quantitative estimate of drug-likeness (QED) is 0.614. The Balaban J connectivity index is 3.00. The Morgan fingerprint density at radius 2 is 2.16 bits per heavy atom. The van der Waals surface area contributed by atoms with Crippen LogP contribution in [0.1, 0.15) is 37.0 Å². The third-order valence-corrected chi connectivity index (χ3v) is 3.40. The number of halogens is 1. The van der Waals surface area contributed by atoms with Crippen LogP contribution in [0.4, 0.5) is 5.69 Å². The Kier molecular flexibility index (Phi) is 5.30. The maximum Gasteiger partial charge on any atom is 0.288 e. The van der Waals surface area contributed by atoms with Crippen LogP contribution in [0, 0.1) is 10.1 Å². The molecule has 1 amide bonds. The fourth-order valence-corrected chi connectivity index (χ4v) is 1.99. The number of carbonyl (C=O) groups is 1. The second-order valence-corrected chi connectivity index (χ2v) is 4.88. The average molecular weight is 285 g/mol. The molecule has 0 fully saturated rings. The average Bonchev–Trinajstić information content (AvgIpc) is 2.37. The molecule has 0 N–H and O–H groups in total. The molecule has 0 saturated heterocycles. The molecule has 0 aliphatic rings. The van der Waals surface area contributed by atoms with Gasteiger partial charge in [-0.05, 0) is 25.5 Å². The minimum atomic E-state index is -0.589. The predicted molar refractivity (Wildman–Crippen MR) is 74.6 cm³/mol. The van der Waals surface area contributed by atoms with Crippen molar-refractivity contribution in [2.24, 2.45) is 0 Å². The third-order valence-electron chi connectivity index (χ3n) is 3.08. The van der Waals surface area contributed by atoms with Gasteiger partial charge in [0.25, 0.3) is 11.6 Å². The summed E-state index contributed by atoms with van der Waals surface area (Å²) in [6, 6.07) is 4.20. The summed E-state index contributed by atoms with van der Waals surface area (Å²) < 4.78 is 0. The molecule has 19 heavy (non-hydrogen) atoms. The summed E-state index contributed by atoms with van der Waals surface area (Å²) >= 11 is 5.72. The van der Waals surface area contributed by atoms with E-state index in [1.807, 2.05) is 13.8 Å². The lowest BCUT2D eigenvalue weighted by molar-refractivity contribution is -0.384. The molecule has 1 aromatic carbocycles. The van der Waals surface area contributed by atoms with Crippen LogP contribution in [0.25, 0.3) is 0 Å². The van der Waals surface area contributed by atoms with Gasteiger partial charge in [-0.15, -0.1) is 0 Å². The first kappa shape index (κ1) is 15.4. The van der Waals surface area contributed by atoms with E-state index in [1.165, 1.54) is 18.2 Å². The lowest BCUT2D eigenvalue weighted by Gasteiger charge is -2.24. The summed E-state index contributed by atoms with van der Waals surface area (Å²) in [5.41, 5.74) is 0.0330. The van der Waals surface area contributed by atoms with E-state index in [1.54, 1.807) is 11.9 Å². The molecule has 104 valence electrons. The number of carbonyl (C=O) groups excluding carboxylic acids is 1. The summed E-state index contributed by atoms with van der Waals surface area (Å²) in [6.45, 7) is 3.99. The van der Waals surface area contributed by atoms with Crippen molar-refractivity contribution >= 4 is 23.2 Å². The van der Waals surface area contributed by atoms with Gasteiger partial charge in [0, 0.05) is 24.7 Å². The molecule has 0 saturated carbocycles. The molecular weight excluding hydrogens is 268 g/mol. The summed E-state index contributed by atoms with van der Waals surface area (Å²) in [7, 11) is 1.70. The molecule has 6 heteroatoms. The first-order chi connectivity index (χ1) is 8.88. The standard InChI is InChI=1S/C13H17ClN2O3/c1-4-5-9(2)15(3)13(17)10-6-7-11(14)12(8-10)16(18)19/h6-9H,4-5H2,1-3H3. The van der Waals surface area contributed by atoms with Crippen molar-refractivity contribution in [2.45, 2.75) is 32.7 Å². The normalized spacial score (nSPS) is 12.0. The first-order valence-corrected chi connectivity index (χ1v) is 6.47. The van der Waals surface area contributed by atoms with E-state index in [2.05, 4.69) is 0 Å². The van der Waals surface area contributed by atoms with Gasteiger partial charge in [0.1, 0.15) is 5.02 Å². The van der Waals surface area contributed by atoms with E-state index in [-0.39, 0.29) is 28.2 Å². The molecule has 0 radical (unpaired) electrons. The number of nitro benzene ring substituents is 1. The molecule has 1 rings (SSSR count). The molecule has 1 atom stereocenters. The number of rotatable bonds is 5. The number of benzene rings is 1. The van der Waals surface area contributed by atoms with E-state index in [0.29, 0.717) is 0 Å². The Labute approximate surface area is 117 Å². The van der Waals surface area contributed by atoms with Crippen LogP contribution in [0.5, 0.6) is 0 Å². The Morgan fingerprint density at radius 1 is 1.53 bits per heavy atom. The number of nitrogens with zero attached hydrogens (tertiary/aromatic N) is 2. The van der Waals surface area contributed by atoms with Crippen LogP contribution in [0.2, 0.25) is 5.02 Å². The zero-order valence-corrected chi connectivity index (χ0v) is 12.0. The zero-order chi connectivity index (χ0) is 14.6. The molecular formula is C13H17ClN2O3. The minimum absolute atomic E-state index is 0.0332. The van der Waals surface area contributed by atoms with Gasteiger partial charge in [-0.2, -0.15) is 0 Å². The first-order valence-electron chi connectivity index (χ1n) is 6.09. The fraction of sp³-hybridized carbons (Fsp3) is 0.462. The van der Waals surface area contributed by atoms with Crippen LogP contribution < -0.4 is 0 Å². The molecule has 0 aliphatic heterocycles. The van der Waals surface area contributed by atoms with Gasteiger partial charge in [-0.3, -0.25) is 14.9 Å². The monoisotopic (exact) mass is 284 g/mol. The van der Waals surface area contributed by atoms with Gasteiger partial charge < -0.3 is 4.90 Å². The largest absolute Gasteiger partial charge is 0.339 e. The number of hydrogen-bond donors (Lipinski definition) is 0. The van der Waals surface area contributed by atoms with Crippen molar-refractivity contribution in [2.75, 3.05) is 7.05 Å². The van der Waals surface area contributed by atoms with Crippen LogP contribution >= 0.6 is 11.6 Å². The highest BCUT2D eigenvalue weighted by Crippen LogP contribution is 2.25. The number of nitro groups is 1. The van der Waals surface area contributed by atoms with Crippen LogP contribution in [0.3, 0.4) is 0 Å². The maximum atomic E-state index is 12.2. The van der Waals surface area contributed by atoms with Crippen molar-refractivity contribution in [1.82, 2.24) is 4.90 Å². The topological polar surface area (TPSA) is 63.5 Å². The Hall–Kier alpha value is -1.62. The molecule has 0 spiro atoms. The van der Waals surface area contributed by atoms with Gasteiger partial charge >= 0.3 is 0 Å². The van der Waals surface area contributed by atoms with Crippen molar-refractivity contribution in [3.05, 3.63) is 38.9 Å². The van der Waals surface area contributed by atoms with Gasteiger partial charge in [-0.25, -0.2) is 0 Å². The second-order valence-electron chi connectivity index (χ2n) is 4.48. The molecule has 1 aromatic rings. The number of amides is 1. The molecule has 0 aromatic heterocycles.